The summed E-state index contributed by atoms with van der Waals surface area (Å²) in [5.41, 5.74) is 1.22. The molecule has 0 spiro atoms. The average Bonchev–Trinajstić information content (AvgIpc) is 3.05. The monoisotopic (exact) mass is 343 g/mol. The van der Waals surface area contributed by atoms with Crippen LogP contribution in [0.3, 0.4) is 0 Å². The van der Waals surface area contributed by atoms with Crippen molar-refractivity contribution in [3.63, 3.8) is 0 Å². The van der Waals surface area contributed by atoms with Crippen molar-refractivity contribution >= 4 is 23.2 Å². The van der Waals surface area contributed by atoms with Crippen LogP contribution in [0.4, 0.5) is 5.69 Å². The van der Waals surface area contributed by atoms with Gasteiger partial charge in [0.05, 0.1) is 7.11 Å². The summed E-state index contributed by atoms with van der Waals surface area (Å²) in [4.78, 5) is 12.3. The summed E-state index contributed by atoms with van der Waals surface area (Å²) in [6.07, 6.45) is 0. The molecule has 24 heavy (non-hydrogen) atoms. The molecule has 2 N–H and O–H groups in total. The molecule has 1 amide bonds. The lowest BCUT2D eigenvalue weighted by atomic mass is 10.2. The molecular formula is C18H14ClNO4. The zero-order valence-electron chi connectivity index (χ0n) is 12.7. The summed E-state index contributed by atoms with van der Waals surface area (Å²) in [7, 11) is 1.48. The number of phenols is 1. The van der Waals surface area contributed by atoms with Crippen molar-refractivity contribution in [1.82, 2.24) is 0 Å². The molecule has 1 aromatic heterocycles. The Labute approximate surface area is 143 Å². The first kappa shape index (κ1) is 16.0. The molecular weight excluding hydrogens is 330 g/mol. The average molecular weight is 344 g/mol. The van der Waals surface area contributed by atoms with Crippen LogP contribution in [-0.2, 0) is 0 Å². The van der Waals surface area contributed by atoms with Crippen LogP contribution in [-0.4, -0.2) is 18.1 Å². The van der Waals surface area contributed by atoms with Crippen molar-refractivity contribution in [2.75, 3.05) is 12.4 Å². The van der Waals surface area contributed by atoms with E-state index in [9.17, 15) is 9.90 Å². The second kappa shape index (κ2) is 6.68. The minimum Gasteiger partial charge on any atom is -0.508 e. The van der Waals surface area contributed by atoms with Crippen LogP contribution in [0.15, 0.2) is 59.0 Å². The molecule has 3 rings (SSSR count). The van der Waals surface area contributed by atoms with E-state index in [1.807, 2.05) is 12.1 Å². The SMILES string of the molecule is COc1cc(O)cc(NC(=O)c2ccc(-c3ccc(Cl)cc3)o2)c1. The van der Waals surface area contributed by atoms with Crippen LogP contribution in [0.25, 0.3) is 11.3 Å². The maximum atomic E-state index is 12.3. The molecule has 0 fully saturated rings. The third-order valence-electron chi connectivity index (χ3n) is 3.34. The van der Waals surface area contributed by atoms with Crippen molar-refractivity contribution in [2.45, 2.75) is 0 Å². The zero-order chi connectivity index (χ0) is 17.1. The number of nitrogens with one attached hydrogen (secondary N) is 1. The van der Waals surface area contributed by atoms with Crippen LogP contribution in [0.1, 0.15) is 10.6 Å². The fourth-order valence-electron chi connectivity index (χ4n) is 2.20. The van der Waals surface area contributed by atoms with Crippen molar-refractivity contribution in [2.24, 2.45) is 0 Å². The van der Waals surface area contributed by atoms with Crippen molar-refractivity contribution < 1.29 is 19.1 Å². The largest absolute Gasteiger partial charge is 0.508 e. The maximum absolute atomic E-state index is 12.3. The molecule has 2 aromatic carbocycles. The molecule has 0 bridgehead atoms. The Kier molecular flexibility index (Phi) is 4.44. The number of benzene rings is 2. The van der Waals surface area contributed by atoms with Gasteiger partial charge in [0.25, 0.3) is 5.91 Å². The van der Waals surface area contributed by atoms with Gasteiger partial charge < -0.3 is 19.6 Å². The second-order valence-corrected chi connectivity index (χ2v) is 5.48. The summed E-state index contributed by atoms with van der Waals surface area (Å²) in [6, 6.07) is 14.9. The Hall–Kier alpha value is -2.92. The Balaban J connectivity index is 1.79. The highest BCUT2D eigenvalue weighted by Gasteiger charge is 2.13. The number of rotatable bonds is 4. The van der Waals surface area contributed by atoms with Gasteiger partial charge in [0, 0.05) is 34.5 Å². The standard InChI is InChI=1S/C18H14ClNO4/c1-23-15-9-13(8-14(21)10-15)20-18(22)17-7-6-16(24-17)11-2-4-12(19)5-3-11/h2-10,21H,1H3,(H,20,22). The van der Waals surface area contributed by atoms with Crippen molar-refractivity contribution in [3.8, 4) is 22.8 Å². The highest BCUT2D eigenvalue weighted by molar-refractivity contribution is 6.30. The number of hydrogen-bond acceptors (Lipinski definition) is 4. The van der Waals surface area contributed by atoms with Gasteiger partial charge in [0.2, 0.25) is 0 Å². The molecule has 0 atom stereocenters. The Morgan fingerprint density at radius 3 is 2.58 bits per heavy atom. The van der Waals surface area contributed by atoms with E-state index in [0.717, 1.165) is 5.56 Å². The number of hydrogen-bond donors (Lipinski definition) is 2. The molecule has 0 aliphatic rings. The summed E-state index contributed by atoms with van der Waals surface area (Å²) in [5.74, 6) is 0.716. The number of aromatic hydroxyl groups is 1. The van der Waals surface area contributed by atoms with E-state index < -0.39 is 5.91 Å². The van der Waals surface area contributed by atoms with Gasteiger partial charge in [-0.2, -0.15) is 0 Å². The Morgan fingerprint density at radius 2 is 1.88 bits per heavy atom. The smallest absolute Gasteiger partial charge is 0.291 e. The lowest BCUT2D eigenvalue weighted by Gasteiger charge is -2.07. The number of furan rings is 1. The molecule has 0 saturated heterocycles. The second-order valence-electron chi connectivity index (χ2n) is 5.04. The lowest BCUT2D eigenvalue weighted by Crippen LogP contribution is -2.10. The first-order valence-corrected chi connectivity index (χ1v) is 7.48. The van der Waals surface area contributed by atoms with E-state index >= 15 is 0 Å². The van der Waals surface area contributed by atoms with Crippen LogP contribution in [0, 0.1) is 0 Å². The van der Waals surface area contributed by atoms with Gasteiger partial charge in [-0.3, -0.25) is 4.79 Å². The fourth-order valence-corrected chi connectivity index (χ4v) is 2.32. The zero-order valence-corrected chi connectivity index (χ0v) is 13.5. The highest BCUT2D eigenvalue weighted by Crippen LogP contribution is 2.27. The number of halogens is 1. The first-order chi connectivity index (χ1) is 11.5. The van der Waals surface area contributed by atoms with E-state index in [0.29, 0.717) is 22.2 Å². The number of ether oxygens (including phenoxy) is 1. The highest BCUT2D eigenvalue weighted by atomic mass is 35.5. The molecule has 0 saturated carbocycles. The van der Waals surface area contributed by atoms with Crippen LogP contribution < -0.4 is 10.1 Å². The van der Waals surface area contributed by atoms with Gasteiger partial charge in [-0.25, -0.2) is 0 Å². The van der Waals surface area contributed by atoms with Crippen LogP contribution in [0.5, 0.6) is 11.5 Å². The van der Waals surface area contributed by atoms with E-state index in [1.54, 1.807) is 30.3 Å². The summed E-state index contributed by atoms with van der Waals surface area (Å²) in [5, 5.41) is 12.9. The number of carbonyl (C=O) groups excluding carboxylic acids is 1. The number of methoxy groups -OCH3 is 1. The van der Waals surface area contributed by atoms with Gasteiger partial charge in [-0.1, -0.05) is 11.6 Å². The minimum atomic E-state index is -0.428. The topological polar surface area (TPSA) is 71.7 Å². The van der Waals surface area contributed by atoms with Crippen LogP contribution in [0.2, 0.25) is 5.02 Å². The molecule has 1 heterocycles. The minimum absolute atomic E-state index is 0.00838. The Morgan fingerprint density at radius 1 is 1.12 bits per heavy atom. The molecule has 122 valence electrons. The fraction of sp³-hybridized carbons (Fsp3) is 0.0556. The molecule has 0 radical (unpaired) electrons. The molecule has 6 heteroatoms. The van der Waals surface area contributed by atoms with Gasteiger partial charge >= 0.3 is 0 Å². The number of amides is 1. The molecule has 5 nitrogen and oxygen atoms in total. The Bertz CT molecular complexity index is 871. The van der Waals surface area contributed by atoms with Crippen molar-refractivity contribution in [3.05, 3.63) is 65.4 Å². The summed E-state index contributed by atoms with van der Waals surface area (Å²) >= 11 is 5.86. The molecule has 0 aliphatic carbocycles. The van der Waals surface area contributed by atoms with Crippen molar-refractivity contribution in [1.29, 1.82) is 0 Å². The predicted molar refractivity (Wildman–Crippen MR) is 91.8 cm³/mol. The van der Waals surface area contributed by atoms with Gasteiger partial charge in [0.15, 0.2) is 5.76 Å². The summed E-state index contributed by atoms with van der Waals surface area (Å²) < 4.78 is 10.6. The van der Waals surface area contributed by atoms with Gasteiger partial charge in [0.1, 0.15) is 17.3 Å². The van der Waals surface area contributed by atoms with Gasteiger partial charge in [-0.05, 0) is 36.4 Å². The van der Waals surface area contributed by atoms with E-state index in [2.05, 4.69) is 5.32 Å². The number of anilines is 1. The maximum Gasteiger partial charge on any atom is 0.291 e. The molecule has 3 aromatic rings. The van der Waals surface area contributed by atoms with E-state index in [1.165, 1.54) is 19.2 Å². The molecule has 0 aliphatic heterocycles. The number of carbonyl (C=O) groups is 1. The molecule has 0 unspecified atom stereocenters. The lowest BCUT2D eigenvalue weighted by molar-refractivity contribution is 0.0997. The predicted octanol–water partition coefficient (Wildman–Crippen LogP) is 4.57. The normalized spacial score (nSPS) is 10.4. The third-order valence-corrected chi connectivity index (χ3v) is 3.60. The number of phenolic OH excluding ortho intramolecular Hbond substituents is 1. The van der Waals surface area contributed by atoms with Gasteiger partial charge in [-0.15, -0.1) is 0 Å². The van der Waals surface area contributed by atoms with E-state index in [-0.39, 0.29) is 11.5 Å². The van der Waals surface area contributed by atoms with E-state index in [4.69, 9.17) is 20.8 Å². The van der Waals surface area contributed by atoms with Crippen LogP contribution >= 0.6 is 11.6 Å². The summed E-state index contributed by atoms with van der Waals surface area (Å²) in [6.45, 7) is 0. The quantitative estimate of drug-likeness (QED) is 0.728. The first-order valence-electron chi connectivity index (χ1n) is 7.10. The third kappa shape index (κ3) is 3.52.